The molecule has 1 heteroatoms. The molecular formula is C22H26O. The van der Waals surface area contributed by atoms with E-state index in [1.165, 1.54) is 22.3 Å². The van der Waals surface area contributed by atoms with Crippen LogP contribution in [0.5, 0.6) is 5.75 Å². The molecule has 0 amide bonds. The molecule has 0 saturated heterocycles. The molecule has 0 bridgehead atoms. The third-order valence-corrected chi connectivity index (χ3v) is 3.61. The van der Waals surface area contributed by atoms with Gasteiger partial charge in [0.15, 0.2) is 0 Å². The second-order valence-electron chi connectivity index (χ2n) is 5.50. The average Bonchev–Trinajstić information content (AvgIpc) is 2.55. The van der Waals surface area contributed by atoms with Gasteiger partial charge in [-0.3, -0.25) is 0 Å². The summed E-state index contributed by atoms with van der Waals surface area (Å²) >= 11 is 0. The molecule has 120 valence electrons. The Morgan fingerprint density at radius 2 is 0.696 bits per heavy atom. The topological polar surface area (TPSA) is 20.2 Å². The van der Waals surface area contributed by atoms with Gasteiger partial charge in [-0.15, -0.1) is 0 Å². The van der Waals surface area contributed by atoms with Crippen molar-refractivity contribution in [2.24, 2.45) is 0 Å². The van der Waals surface area contributed by atoms with E-state index in [2.05, 4.69) is 76.2 Å². The molecule has 0 radical (unpaired) electrons. The van der Waals surface area contributed by atoms with E-state index in [-0.39, 0.29) is 0 Å². The van der Waals surface area contributed by atoms with Gasteiger partial charge in [0.2, 0.25) is 0 Å². The first-order valence-electron chi connectivity index (χ1n) is 7.79. The van der Waals surface area contributed by atoms with Crippen molar-refractivity contribution in [1.29, 1.82) is 0 Å². The van der Waals surface area contributed by atoms with Gasteiger partial charge in [0.1, 0.15) is 5.75 Å². The fourth-order valence-electron chi connectivity index (χ4n) is 1.75. The molecule has 0 spiro atoms. The zero-order valence-corrected chi connectivity index (χ0v) is 14.5. The Morgan fingerprint density at radius 1 is 0.435 bits per heavy atom. The predicted octanol–water partition coefficient (Wildman–Crippen LogP) is 6.00. The van der Waals surface area contributed by atoms with Crippen LogP contribution >= 0.6 is 0 Å². The first-order valence-corrected chi connectivity index (χ1v) is 7.79. The largest absolute Gasteiger partial charge is 0.508 e. The summed E-state index contributed by atoms with van der Waals surface area (Å²) in [7, 11) is 0. The van der Waals surface area contributed by atoms with Gasteiger partial charge < -0.3 is 5.11 Å². The highest BCUT2D eigenvalue weighted by Crippen LogP contribution is 2.04. The van der Waals surface area contributed by atoms with Crippen molar-refractivity contribution < 1.29 is 5.11 Å². The highest BCUT2D eigenvalue weighted by Gasteiger charge is 1.84. The van der Waals surface area contributed by atoms with E-state index in [1.54, 1.807) is 24.3 Å². The minimum atomic E-state index is 0.322. The molecule has 3 rings (SSSR count). The number of aromatic hydroxyl groups is 1. The van der Waals surface area contributed by atoms with Crippen molar-refractivity contribution in [3.05, 3.63) is 101 Å². The van der Waals surface area contributed by atoms with Crippen LogP contribution in [0.3, 0.4) is 0 Å². The number of rotatable bonds is 0. The molecule has 0 atom stereocenters. The maximum Gasteiger partial charge on any atom is 0.115 e. The minimum absolute atomic E-state index is 0.322. The number of hydrogen-bond donors (Lipinski definition) is 1. The van der Waals surface area contributed by atoms with Crippen LogP contribution in [0.1, 0.15) is 22.3 Å². The van der Waals surface area contributed by atoms with E-state index >= 15 is 0 Å². The molecule has 0 aromatic heterocycles. The minimum Gasteiger partial charge on any atom is -0.508 e. The Labute approximate surface area is 140 Å². The second-order valence-corrected chi connectivity index (χ2v) is 5.50. The molecule has 0 aliphatic heterocycles. The normalized spacial score (nSPS) is 9.04. The van der Waals surface area contributed by atoms with Gasteiger partial charge in [-0.05, 0) is 62.1 Å². The van der Waals surface area contributed by atoms with E-state index in [0.29, 0.717) is 5.75 Å². The molecular weight excluding hydrogens is 280 g/mol. The van der Waals surface area contributed by atoms with Crippen LogP contribution in [0.25, 0.3) is 0 Å². The van der Waals surface area contributed by atoms with E-state index in [0.717, 1.165) is 0 Å². The number of aryl methyl sites for hydroxylation is 4. The van der Waals surface area contributed by atoms with Crippen molar-refractivity contribution in [2.75, 3.05) is 0 Å². The lowest BCUT2D eigenvalue weighted by atomic mass is 10.1. The predicted molar refractivity (Wildman–Crippen MR) is 99.9 cm³/mol. The third-order valence-electron chi connectivity index (χ3n) is 3.61. The summed E-state index contributed by atoms with van der Waals surface area (Å²) in [5.41, 5.74) is 5.47. The van der Waals surface area contributed by atoms with E-state index in [9.17, 15) is 0 Å². The van der Waals surface area contributed by atoms with Gasteiger partial charge in [0.05, 0.1) is 0 Å². The maximum absolute atomic E-state index is 8.63. The summed E-state index contributed by atoms with van der Waals surface area (Å²) in [6.45, 7) is 8.48. The fourth-order valence-corrected chi connectivity index (χ4v) is 1.75. The summed E-state index contributed by atoms with van der Waals surface area (Å²) in [5, 5.41) is 8.63. The highest BCUT2D eigenvalue weighted by molar-refractivity contribution is 5.24. The van der Waals surface area contributed by atoms with Crippen molar-refractivity contribution >= 4 is 0 Å². The Kier molecular flexibility index (Phi) is 8.23. The summed E-state index contributed by atoms with van der Waals surface area (Å²) in [4.78, 5) is 0. The number of phenolic OH excluding ortho intramolecular Hbond substituents is 1. The highest BCUT2D eigenvalue weighted by atomic mass is 16.3. The summed E-state index contributed by atoms with van der Waals surface area (Å²) in [5.74, 6) is 0.322. The number of hydrogen-bond acceptors (Lipinski definition) is 1. The number of phenols is 1. The van der Waals surface area contributed by atoms with Crippen LogP contribution in [-0.4, -0.2) is 5.11 Å². The number of benzene rings is 3. The zero-order valence-electron chi connectivity index (χ0n) is 14.5. The van der Waals surface area contributed by atoms with E-state index in [1.807, 2.05) is 6.07 Å². The SMILES string of the molecule is Cc1ccccc1C.Cc1ccccc1C.Oc1ccccc1. The zero-order chi connectivity index (χ0) is 17.1. The van der Waals surface area contributed by atoms with Gasteiger partial charge >= 0.3 is 0 Å². The Morgan fingerprint density at radius 3 is 0.870 bits per heavy atom. The average molecular weight is 306 g/mol. The lowest BCUT2D eigenvalue weighted by Gasteiger charge is -1.93. The van der Waals surface area contributed by atoms with Gasteiger partial charge in [0, 0.05) is 0 Å². The molecule has 0 aliphatic carbocycles. The summed E-state index contributed by atoms with van der Waals surface area (Å²) < 4.78 is 0. The lowest BCUT2D eigenvalue weighted by molar-refractivity contribution is 0.475. The third kappa shape index (κ3) is 7.87. The van der Waals surface area contributed by atoms with Gasteiger partial charge in [-0.1, -0.05) is 66.7 Å². The molecule has 0 unspecified atom stereocenters. The quantitative estimate of drug-likeness (QED) is 0.540. The molecule has 0 heterocycles. The van der Waals surface area contributed by atoms with Crippen molar-refractivity contribution in [3.8, 4) is 5.75 Å². The monoisotopic (exact) mass is 306 g/mol. The first-order chi connectivity index (χ1) is 11.0. The first kappa shape index (κ1) is 18.5. The van der Waals surface area contributed by atoms with Crippen molar-refractivity contribution in [2.45, 2.75) is 27.7 Å². The molecule has 0 aliphatic rings. The standard InChI is InChI=1S/2C8H10.C6H6O/c2*1-7-5-3-4-6-8(7)2;7-6-4-2-1-3-5-6/h2*3-6H,1-2H3;1-5,7H. The van der Waals surface area contributed by atoms with E-state index < -0.39 is 0 Å². The molecule has 0 saturated carbocycles. The van der Waals surface area contributed by atoms with Crippen LogP contribution in [0, 0.1) is 27.7 Å². The Hall–Kier alpha value is -2.54. The molecule has 23 heavy (non-hydrogen) atoms. The summed E-state index contributed by atoms with van der Waals surface area (Å²) in [6, 6.07) is 25.4. The fraction of sp³-hybridized carbons (Fsp3) is 0.182. The molecule has 1 N–H and O–H groups in total. The Balaban J connectivity index is 0.000000173. The summed E-state index contributed by atoms with van der Waals surface area (Å²) in [6.07, 6.45) is 0. The molecule has 3 aromatic carbocycles. The van der Waals surface area contributed by atoms with Crippen molar-refractivity contribution in [1.82, 2.24) is 0 Å². The van der Waals surface area contributed by atoms with Crippen LogP contribution in [0.2, 0.25) is 0 Å². The maximum atomic E-state index is 8.63. The Bertz CT molecular complexity index is 602. The van der Waals surface area contributed by atoms with Gasteiger partial charge in [-0.25, -0.2) is 0 Å². The van der Waals surface area contributed by atoms with E-state index in [4.69, 9.17) is 5.11 Å². The molecule has 1 nitrogen and oxygen atoms in total. The van der Waals surface area contributed by atoms with Crippen LogP contribution in [-0.2, 0) is 0 Å². The van der Waals surface area contributed by atoms with Crippen LogP contribution in [0.15, 0.2) is 78.9 Å². The van der Waals surface area contributed by atoms with Gasteiger partial charge in [0.25, 0.3) is 0 Å². The molecule has 0 fully saturated rings. The molecule has 3 aromatic rings. The van der Waals surface area contributed by atoms with Crippen LogP contribution in [0.4, 0.5) is 0 Å². The number of para-hydroxylation sites is 1. The second kappa shape index (κ2) is 10.2. The van der Waals surface area contributed by atoms with Crippen LogP contribution < -0.4 is 0 Å². The smallest absolute Gasteiger partial charge is 0.115 e. The van der Waals surface area contributed by atoms with Crippen molar-refractivity contribution in [3.63, 3.8) is 0 Å². The lowest BCUT2D eigenvalue weighted by Crippen LogP contribution is -1.74. The van der Waals surface area contributed by atoms with Gasteiger partial charge in [-0.2, -0.15) is 0 Å².